The summed E-state index contributed by atoms with van der Waals surface area (Å²) in [6.45, 7) is 5.33. The molecule has 0 saturated carbocycles. The van der Waals surface area contributed by atoms with Crippen molar-refractivity contribution < 1.29 is 14.3 Å². The van der Waals surface area contributed by atoms with Crippen molar-refractivity contribution in [3.8, 4) is 0 Å². The zero-order valence-corrected chi connectivity index (χ0v) is 15.9. The summed E-state index contributed by atoms with van der Waals surface area (Å²) in [5.74, 6) is -0.355. The van der Waals surface area contributed by atoms with Crippen molar-refractivity contribution in [2.24, 2.45) is 0 Å². The van der Waals surface area contributed by atoms with Crippen LogP contribution in [-0.4, -0.2) is 36.5 Å². The van der Waals surface area contributed by atoms with Crippen molar-refractivity contribution >= 4 is 29.6 Å². The first-order valence-electron chi connectivity index (χ1n) is 8.95. The summed E-state index contributed by atoms with van der Waals surface area (Å²) < 4.78 is 4.95. The van der Waals surface area contributed by atoms with Gasteiger partial charge in [-0.25, -0.2) is 0 Å². The third-order valence-electron chi connectivity index (χ3n) is 3.77. The van der Waals surface area contributed by atoms with Crippen molar-refractivity contribution in [1.82, 2.24) is 4.90 Å². The number of rotatable bonds is 11. The summed E-state index contributed by atoms with van der Waals surface area (Å²) in [6.07, 6.45) is 7.87. The average molecular weight is 366 g/mol. The predicted octanol–water partition coefficient (Wildman–Crippen LogP) is 4.72. The SMILES string of the molecule is CCCCCCN(CCC(=O)OCC)C(=O)/C=C/c1ccc(Cl)cc1. The average Bonchev–Trinajstić information content (AvgIpc) is 2.60. The first-order valence-corrected chi connectivity index (χ1v) is 9.32. The number of nitrogens with zero attached hydrogens (tertiary/aromatic N) is 1. The van der Waals surface area contributed by atoms with E-state index in [-0.39, 0.29) is 18.3 Å². The van der Waals surface area contributed by atoms with Gasteiger partial charge >= 0.3 is 5.97 Å². The number of ether oxygens (including phenoxy) is 1. The topological polar surface area (TPSA) is 46.6 Å². The Morgan fingerprint density at radius 2 is 1.80 bits per heavy atom. The Bertz CT molecular complexity index is 555. The molecule has 0 saturated heterocycles. The van der Waals surface area contributed by atoms with Gasteiger partial charge in [0.05, 0.1) is 13.0 Å². The van der Waals surface area contributed by atoms with E-state index in [0.717, 1.165) is 31.2 Å². The molecule has 25 heavy (non-hydrogen) atoms. The van der Waals surface area contributed by atoms with Gasteiger partial charge in [0.1, 0.15) is 0 Å². The van der Waals surface area contributed by atoms with E-state index in [1.807, 2.05) is 12.1 Å². The maximum Gasteiger partial charge on any atom is 0.307 e. The molecular weight excluding hydrogens is 338 g/mol. The minimum absolute atomic E-state index is 0.0873. The molecule has 0 atom stereocenters. The van der Waals surface area contributed by atoms with Gasteiger partial charge in [0.2, 0.25) is 5.91 Å². The van der Waals surface area contributed by atoms with Crippen LogP contribution in [0.1, 0.15) is 51.5 Å². The molecule has 0 aliphatic heterocycles. The van der Waals surface area contributed by atoms with E-state index in [9.17, 15) is 9.59 Å². The van der Waals surface area contributed by atoms with Gasteiger partial charge in [-0.05, 0) is 37.1 Å². The highest BCUT2D eigenvalue weighted by molar-refractivity contribution is 6.30. The van der Waals surface area contributed by atoms with Crippen LogP contribution in [0.25, 0.3) is 6.08 Å². The summed E-state index contributed by atoms with van der Waals surface area (Å²) in [6, 6.07) is 7.29. The Morgan fingerprint density at radius 3 is 2.44 bits per heavy atom. The lowest BCUT2D eigenvalue weighted by Crippen LogP contribution is -2.33. The second kappa shape index (κ2) is 12.5. The molecule has 1 aromatic rings. The van der Waals surface area contributed by atoms with Gasteiger partial charge < -0.3 is 9.64 Å². The zero-order chi connectivity index (χ0) is 18.5. The first-order chi connectivity index (χ1) is 12.1. The molecule has 0 spiro atoms. The number of halogens is 1. The number of amides is 1. The third-order valence-corrected chi connectivity index (χ3v) is 4.02. The molecule has 0 fully saturated rings. The minimum atomic E-state index is -0.268. The van der Waals surface area contributed by atoms with Crippen LogP contribution in [0, 0.1) is 0 Å². The highest BCUT2D eigenvalue weighted by Gasteiger charge is 2.13. The van der Waals surface area contributed by atoms with Crippen molar-refractivity contribution in [3.63, 3.8) is 0 Å². The fourth-order valence-electron chi connectivity index (χ4n) is 2.37. The largest absolute Gasteiger partial charge is 0.466 e. The van der Waals surface area contributed by atoms with Crippen molar-refractivity contribution in [3.05, 3.63) is 40.9 Å². The molecule has 0 radical (unpaired) electrons. The molecule has 4 nitrogen and oxygen atoms in total. The molecule has 0 aliphatic rings. The van der Waals surface area contributed by atoms with E-state index < -0.39 is 0 Å². The number of hydrogen-bond acceptors (Lipinski definition) is 3. The van der Waals surface area contributed by atoms with Crippen LogP contribution in [0.4, 0.5) is 0 Å². The molecule has 5 heteroatoms. The maximum absolute atomic E-state index is 12.5. The number of unbranched alkanes of at least 4 members (excludes halogenated alkanes) is 3. The molecule has 0 unspecified atom stereocenters. The number of carbonyl (C=O) groups is 2. The van der Waals surface area contributed by atoms with E-state index in [1.54, 1.807) is 36.1 Å². The molecule has 1 aromatic carbocycles. The zero-order valence-electron chi connectivity index (χ0n) is 15.2. The van der Waals surface area contributed by atoms with Crippen LogP contribution in [0.3, 0.4) is 0 Å². The Morgan fingerprint density at radius 1 is 1.08 bits per heavy atom. The minimum Gasteiger partial charge on any atom is -0.466 e. The van der Waals surface area contributed by atoms with E-state index in [4.69, 9.17) is 16.3 Å². The Labute approximate surface area is 155 Å². The standard InChI is InChI=1S/C20H28ClNO3/c1-3-5-6-7-15-22(16-14-20(24)25-4-2)19(23)13-10-17-8-11-18(21)12-9-17/h8-13H,3-7,14-16H2,1-2H3/b13-10+. The van der Waals surface area contributed by atoms with Gasteiger partial charge in [0, 0.05) is 24.2 Å². The maximum atomic E-state index is 12.5. The third kappa shape index (κ3) is 9.30. The monoisotopic (exact) mass is 365 g/mol. The van der Waals surface area contributed by atoms with E-state index in [2.05, 4.69) is 6.92 Å². The van der Waals surface area contributed by atoms with Crippen molar-refractivity contribution in [2.75, 3.05) is 19.7 Å². The molecule has 0 bridgehead atoms. The van der Waals surface area contributed by atoms with E-state index in [1.165, 1.54) is 0 Å². The number of hydrogen-bond donors (Lipinski definition) is 0. The summed E-state index contributed by atoms with van der Waals surface area (Å²) in [5, 5.41) is 0.662. The lowest BCUT2D eigenvalue weighted by atomic mass is 10.2. The molecule has 0 aromatic heterocycles. The van der Waals surface area contributed by atoms with E-state index >= 15 is 0 Å². The summed E-state index contributed by atoms with van der Waals surface area (Å²) >= 11 is 5.86. The lowest BCUT2D eigenvalue weighted by Gasteiger charge is -2.21. The summed E-state index contributed by atoms with van der Waals surface area (Å²) in [4.78, 5) is 25.8. The quantitative estimate of drug-likeness (QED) is 0.324. The fraction of sp³-hybridized carbons (Fsp3) is 0.500. The van der Waals surface area contributed by atoms with Crippen LogP contribution in [0.5, 0.6) is 0 Å². The number of esters is 1. The highest BCUT2D eigenvalue weighted by Crippen LogP contribution is 2.11. The van der Waals surface area contributed by atoms with Crippen LogP contribution >= 0.6 is 11.6 Å². The molecule has 138 valence electrons. The lowest BCUT2D eigenvalue weighted by molar-refractivity contribution is -0.143. The first kappa shape index (κ1) is 21.2. The molecule has 0 aliphatic carbocycles. The normalized spacial score (nSPS) is 10.8. The Kier molecular flexibility index (Phi) is 10.6. The summed E-state index contributed by atoms with van der Waals surface area (Å²) in [7, 11) is 0. The van der Waals surface area contributed by atoms with Gasteiger partial charge in [0.25, 0.3) is 0 Å². The number of benzene rings is 1. The molecule has 0 N–H and O–H groups in total. The summed E-state index contributed by atoms with van der Waals surface area (Å²) in [5.41, 5.74) is 0.911. The van der Waals surface area contributed by atoms with Crippen molar-refractivity contribution in [1.29, 1.82) is 0 Å². The van der Waals surface area contributed by atoms with Gasteiger partial charge in [-0.15, -0.1) is 0 Å². The van der Waals surface area contributed by atoms with Gasteiger partial charge in [0.15, 0.2) is 0 Å². The highest BCUT2D eigenvalue weighted by atomic mass is 35.5. The van der Waals surface area contributed by atoms with Crippen LogP contribution < -0.4 is 0 Å². The fourth-order valence-corrected chi connectivity index (χ4v) is 2.49. The van der Waals surface area contributed by atoms with Crippen LogP contribution in [0.2, 0.25) is 5.02 Å². The Balaban J connectivity index is 2.62. The molecule has 1 amide bonds. The van der Waals surface area contributed by atoms with Crippen molar-refractivity contribution in [2.45, 2.75) is 46.0 Å². The van der Waals surface area contributed by atoms with Gasteiger partial charge in [-0.2, -0.15) is 0 Å². The predicted molar refractivity (Wildman–Crippen MR) is 102 cm³/mol. The molecule has 1 rings (SSSR count). The van der Waals surface area contributed by atoms with Gasteiger partial charge in [-0.3, -0.25) is 9.59 Å². The second-order valence-corrected chi connectivity index (χ2v) is 6.26. The molecular formula is C20H28ClNO3. The Hall–Kier alpha value is -1.81. The smallest absolute Gasteiger partial charge is 0.307 e. The molecule has 0 heterocycles. The van der Waals surface area contributed by atoms with Gasteiger partial charge in [-0.1, -0.05) is 49.9 Å². The van der Waals surface area contributed by atoms with Crippen LogP contribution in [0.15, 0.2) is 30.3 Å². The van der Waals surface area contributed by atoms with E-state index in [0.29, 0.717) is 24.7 Å². The number of carbonyl (C=O) groups excluding carboxylic acids is 2. The second-order valence-electron chi connectivity index (χ2n) is 5.83. The van der Waals surface area contributed by atoms with Crippen LogP contribution in [-0.2, 0) is 14.3 Å².